The summed E-state index contributed by atoms with van der Waals surface area (Å²) in [5.74, 6) is 0.320. The lowest BCUT2D eigenvalue weighted by Crippen LogP contribution is -2.31. The summed E-state index contributed by atoms with van der Waals surface area (Å²) in [5, 5.41) is 10.1. The Hall–Kier alpha value is -3.94. The van der Waals surface area contributed by atoms with E-state index in [2.05, 4.69) is 0 Å². The average Bonchev–Trinajstić information content (AvgIpc) is 3.72. The molecule has 0 spiro atoms. The van der Waals surface area contributed by atoms with Crippen molar-refractivity contribution in [1.29, 1.82) is 0 Å². The molecule has 2 saturated heterocycles. The molecule has 14 heteroatoms. The predicted molar refractivity (Wildman–Crippen MR) is 149 cm³/mol. The van der Waals surface area contributed by atoms with Gasteiger partial charge in [-0.15, -0.1) is 0 Å². The van der Waals surface area contributed by atoms with Gasteiger partial charge in [0.05, 0.1) is 42.0 Å². The van der Waals surface area contributed by atoms with Crippen molar-refractivity contribution in [2.75, 3.05) is 7.11 Å². The Morgan fingerprint density at radius 2 is 1.40 bits per heavy atom. The molecular weight excluding hydrogens is 645 g/mol. The van der Waals surface area contributed by atoms with E-state index >= 15 is 0 Å². The molecule has 47 heavy (non-hydrogen) atoms. The van der Waals surface area contributed by atoms with Gasteiger partial charge in [0.1, 0.15) is 11.9 Å². The molecular formula is C33H28F9NO4. The SMILES string of the molecule is COc1ccc([C@@H]2CC[C@@H](O)C2)cc1-c1ccc(C(F)(F)F)cc1[C@@H]1CC[C@H]2[C@@H](c3cc(C(F)(F)F)cc(C(F)(F)F)c3)OC(=O)N12. The molecule has 0 unspecified atom stereocenters. The number of aliphatic hydroxyl groups excluding tert-OH is 1. The highest BCUT2D eigenvalue weighted by Gasteiger charge is 2.52. The van der Waals surface area contributed by atoms with Crippen molar-refractivity contribution < 1.29 is 58.9 Å². The lowest BCUT2D eigenvalue weighted by atomic mass is 9.88. The second kappa shape index (κ2) is 11.6. The summed E-state index contributed by atoms with van der Waals surface area (Å²) in [6.07, 6.45) is -16.2. The van der Waals surface area contributed by atoms with E-state index in [1.54, 1.807) is 12.1 Å². The van der Waals surface area contributed by atoms with Crippen LogP contribution in [0.2, 0.25) is 0 Å². The smallest absolute Gasteiger partial charge is 0.416 e. The third-order valence-electron chi connectivity index (χ3n) is 9.28. The quantitative estimate of drug-likeness (QED) is 0.274. The van der Waals surface area contributed by atoms with Crippen molar-refractivity contribution in [3.8, 4) is 16.9 Å². The standard InChI is InChI=1S/C33H28F9NO4/c1-46-28-9-3-17(16-2-5-22(44)12-16)13-25(28)23-6-4-19(31(34,35)36)15-24(23)26-7-8-27-29(47-30(45)43(26)27)18-10-20(32(37,38)39)14-21(11-18)33(40,41)42/h3-4,6,9-11,13-16,22,26-27,29,44H,2,5,7-8,12H2,1H3/t16-,22-,26+,27+,29-/m1/s1. The first-order valence-electron chi connectivity index (χ1n) is 14.8. The van der Waals surface area contributed by atoms with Crippen molar-refractivity contribution in [3.63, 3.8) is 0 Å². The number of aliphatic hydroxyl groups is 1. The molecule has 0 bridgehead atoms. The molecule has 3 aliphatic rings. The second-order valence-electron chi connectivity index (χ2n) is 12.1. The Bertz CT molecular complexity index is 1650. The maximum absolute atomic E-state index is 14.0. The number of nitrogens with zero attached hydrogens (tertiary/aromatic N) is 1. The zero-order valence-electron chi connectivity index (χ0n) is 24.6. The molecule has 1 amide bonds. The molecule has 1 aliphatic carbocycles. The number of carbonyl (C=O) groups excluding carboxylic acids is 1. The Kier molecular flexibility index (Phi) is 8.17. The molecule has 6 rings (SSSR count). The van der Waals surface area contributed by atoms with Crippen molar-refractivity contribution in [2.24, 2.45) is 0 Å². The van der Waals surface area contributed by atoms with Crippen LogP contribution in [-0.2, 0) is 23.3 Å². The fourth-order valence-electron chi connectivity index (χ4n) is 7.10. The monoisotopic (exact) mass is 673 g/mol. The van der Waals surface area contributed by atoms with Crippen LogP contribution >= 0.6 is 0 Å². The van der Waals surface area contributed by atoms with Crippen LogP contribution in [0.15, 0.2) is 54.6 Å². The highest BCUT2D eigenvalue weighted by molar-refractivity contribution is 5.78. The second-order valence-corrected chi connectivity index (χ2v) is 12.1. The fraction of sp³-hybridized carbons (Fsp3) is 0.424. The van der Waals surface area contributed by atoms with Gasteiger partial charge in [0.25, 0.3) is 0 Å². The van der Waals surface area contributed by atoms with Crippen LogP contribution in [0, 0.1) is 0 Å². The van der Waals surface area contributed by atoms with Gasteiger partial charge in [0.15, 0.2) is 0 Å². The van der Waals surface area contributed by atoms with Gasteiger partial charge in [0, 0.05) is 5.56 Å². The molecule has 1 saturated carbocycles. The molecule has 5 atom stereocenters. The van der Waals surface area contributed by atoms with Gasteiger partial charge in [-0.2, -0.15) is 39.5 Å². The largest absolute Gasteiger partial charge is 0.496 e. The van der Waals surface area contributed by atoms with Crippen LogP contribution in [0.5, 0.6) is 5.75 Å². The van der Waals surface area contributed by atoms with E-state index in [0.29, 0.717) is 48.3 Å². The first kappa shape index (κ1) is 33.0. The van der Waals surface area contributed by atoms with Crippen LogP contribution < -0.4 is 4.74 Å². The number of alkyl halides is 9. The highest BCUT2D eigenvalue weighted by Crippen LogP contribution is 2.52. The topological polar surface area (TPSA) is 59.0 Å². The van der Waals surface area contributed by atoms with Crippen LogP contribution in [0.1, 0.15) is 83.5 Å². The number of rotatable bonds is 5. The number of amides is 1. The zero-order valence-corrected chi connectivity index (χ0v) is 24.6. The van der Waals surface area contributed by atoms with E-state index in [-0.39, 0.29) is 30.4 Å². The van der Waals surface area contributed by atoms with Crippen LogP contribution in [0.4, 0.5) is 44.3 Å². The van der Waals surface area contributed by atoms with Crippen molar-refractivity contribution in [1.82, 2.24) is 4.90 Å². The molecule has 2 heterocycles. The van der Waals surface area contributed by atoms with Gasteiger partial charge in [-0.3, -0.25) is 4.90 Å². The average molecular weight is 674 g/mol. The lowest BCUT2D eigenvalue weighted by molar-refractivity contribution is -0.143. The van der Waals surface area contributed by atoms with E-state index in [0.717, 1.165) is 22.6 Å². The van der Waals surface area contributed by atoms with Gasteiger partial charge in [0.2, 0.25) is 0 Å². The Labute approximate surface area is 262 Å². The number of cyclic esters (lactones) is 1. The van der Waals surface area contributed by atoms with Crippen LogP contribution in [-0.4, -0.2) is 35.4 Å². The third kappa shape index (κ3) is 6.23. The minimum absolute atomic E-state index is 0.00761. The van der Waals surface area contributed by atoms with Crippen molar-refractivity contribution >= 4 is 6.09 Å². The molecule has 2 aliphatic heterocycles. The zero-order chi connectivity index (χ0) is 34.1. The lowest BCUT2D eigenvalue weighted by Gasteiger charge is -2.26. The summed E-state index contributed by atoms with van der Waals surface area (Å²) in [6.45, 7) is 0. The van der Waals surface area contributed by atoms with Gasteiger partial charge >= 0.3 is 24.6 Å². The summed E-state index contributed by atoms with van der Waals surface area (Å²) in [4.78, 5) is 14.4. The summed E-state index contributed by atoms with van der Waals surface area (Å²) in [5.41, 5.74) is -3.05. The summed E-state index contributed by atoms with van der Waals surface area (Å²) < 4.78 is 135. The Morgan fingerprint density at radius 1 is 0.745 bits per heavy atom. The molecule has 3 fully saturated rings. The number of fused-ring (bicyclic) bond motifs is 1. The number of benzene rings is 3. The van der Waals surface area contributed by atoms with Gasteiger partial charge < -0.3 is 14.6 Å². The summed E-state index contributed by atoms with van der Waals surface area (Å²) >= 11 is 0. The normalized spacial score (nSPS) is 24.9. The number of hydrogen-bond acceptors (Lipinski definition) is 4. The summed E-state index contributed by atoms with van der Waals surface area (Å²) in [6, 6.07) is 7.17. The maximum atomic E-state index is 14.0. The minimum atomic E-state index is -5.13. The van der Waals surface area contributed by atoms with Gasteiger partial charge in [-0.25, -0.2) is 4.79 Å². The van der Waals surface area contributed by atoms with Crippen LogP contribution in [0.25, 0.3) is 11.1 Å². The Morgan fingerprint density at radius 3 is 1.98 bits per heavy atom. The molecule has 0 radical (unpaired) electrons. The highest BCUT2D eigenvalue weighted by atomic mass is 19.4. The van der Waals surface area contributed by atoms with Gasteiger partial charge in [-0.05, 0) is 103 Å². The van der Waals surface area contributed by atoms with Crippen LogP contribution in [0.3, 0.4) is 0 Å². The molecule has 5 nitrogen and oxygen atoms in total. The molecule has 3 aromatic carbocycles. The van der Waals surface area contributed by atoms with E-state index in [1.807, 2.05) is 6.07 Å². The molecule has 0 aromatic heterocycles. The minimum Gasteiger partial charge on any atom is -0.496 e. The fourth-order valence-corrected chi connectivity index (χ4v) is 7.10. The van der Waals surface area contributed by atoms with E-state index < -0.39 is 71.2 Å². The maximum Gasteiger partial charge on any atom is 0.416 e. The summed E-state index contributed by atoms with van der Waals surface area (Å²) in [7, 11) is 1.39. The molecule has 1 N–H and O–H groups in total. The number of methoxy groups -OCH3 is 1. The van der Waals surface area contributed by atoms with Crippen molar-refractivity contribution in [2.45, 2.75) is 80.8 Å². The number of halogens is 9. The Balaban J connectivity index is 1.44. The van der Waals surface area contributed by atoms with Crippen molar-refractivity contribution in [3.05, 3.63) is 88.0 Å². The number of hydrogen-bond donors (Lipinski definition) is 1. The predicted octanol–water partition coefficient (Wildman–Crippen LogP) is 9.44. The first-order chi connectivity index (χ1) is 22.0. The number of carbonyl (C=O) groups is 1. The van der Waals surface area contributed by atoms with E-state index in [9.17, 15) is 49.4 Å². The number of ether oxygens (including phenoxy) is 2. The molecule has 3 aromatic rings. The molecule has 252 valence electrons. The first-order valence-corrected chi connectivity index (χ1v) is 14.8. The van der Waals surface area contributed by atoms with Gasteiger partial charge in [-0.1, -0.05) is 12.1 Å². The third-order valence-corrected chi connectivity index (χ3v) is 9.28. The van der Waals surface area contributed by atoms with E-state index in [4.69, 9.17) is 9.47 Å². The van der Waals surface area contributed by atoms with E-state index in [1.165, 1.54) is 13.2 Å².